The van der Waals surface area contributed by atoms with E-state index in [4.69, 9.17) is 5.73 Å². The maximum absolute atomic E-state index is 9.67. The van der Waals surface area contributed by atoms with Gasteiger partial charge in [-0.25, -0.2) is 0 Å². The van der Waals surface area contributed by atoms with Gasteiger partial charge in [-0.15, -0.1) is 0 Å². The number of anilines is 2. The van der Waals surface area contributed by atoms with Gasteiger partial charge in [0.25, 0.3) is 0 Å². The summed E-state index contributed by atoms with van der Waals surface area (Å²) in [4.78, 5) is 0. The first-order valence-corrected chi connectivity index (χ1v) is 5.53. The molecule has 0 aliphatic rings. The van der Waals surface area contributed by atoms with Gasteiger partial charge in [0, 0.05) is 23.5 Å². The van der Waals surface area contributed by atoms with Crippen LogP contribution in [-0.4, -0.2) is 5.11 Å². The maximum atomic E-state index is 9.67. The zero-order chi connectivity index (χ0) is 12.3. The molecule has 88 valence electrons. The Morgan fingerprint density at radius 2 is 2.00 bits per heavy atom. The van der Waals surface area contributed by atoms with Gasteiger partial charge in [0.05, 0.1) is 0 Å². The molecule has 2 rings (SSSR count). The Hall–Kier alpha value is -2.16. The smallest absolute Gasteiger partial charge is 0.120 e. The number of phenolic OH excluding ortho intramolecular Hbond substituents is 1. The molecule has 0 bridgehead atoms. The third-order valence-electron chi connectivity index (χ3n) is 2.60. The average molecular weight is 228 g/mol. The number of aryl methyl sites for hydroxylation is 1. The molecule has 0 saturated carbocycles. The Kier molecular flexibility index (Phi) is 3.19. The van der Waals surface area contributed by atoms with Crippen LogP contribution in [0.4, 0.5) is 11.4 Å². The first-order chi connectivity index (χ1) is 8.15. The predicted octanol–water partition coefficient (Wildman–Crippen LogP) is 2.89. The molecule has 0 fully saturated rings. The fraction of sp³-hybridized carbons (Fsp3) is 0.143. The van der Waals surface area contributed by atoms with E-state index in [1.54, 1.807) is 18.2 Å². The molecule has 0 saturated heterocycles. The molecule has 3 nitrogen and oxygen atoms in total. The van der Waals surface area contributed by atoms with E-state index in [1.807, 2.05) is 25.1 Å². The van der Waals surface area contributed by atoms with Crippen molar-refractivity contribution in [3.05, 3.63) is 53.6 Å². The zero-order valence-corrected chi connectivity index (χ0v) is 9.77. The number of rotatable bonds is 3. The Morgan fingerprint density at radius 3 is 2.76 bits per heavy atom. The quantitative estimate of drug-likeness (QED) is 0.559. The molecule has 0 aliphatic heterocycles. The molecule has 2 aromatic carbocycles. The number of nitrogen functional groups attached to an aromatic ring is 1. The number of benzene rings is 2. The molecule has 4 N–H and O–H groups in total. The summed E-state index contributed by atoms with van der Waals surface area (Å²) < 4.78 is 0. The molecule has 0 aromatic heterocycles. The number of nitrogens with one attached hydrogen (secondary N) is 1. The highest BCUT2D eigenvalue weighted by Gasteiger charge is 2.01. The van der Waals surface area contributed by atoms with Crippen molar-refractivity contribution in [2.24, 2.45) is 0 Å². The summed E-state index contributed by atoms with van der Waals surface area (Å²) in [6.45, 7) is 2.60. The molecular weight excluding hydrogens is 212 g/mol. The number of hydrogen-bond acceptors (Lipinski definition) is 3. The normalized spacial score (nSPS) is 10.2. The average Bonchev–Trinajstić information content (AvgIpc) is 2.30. The topological polar surface area (TPSA) is 58.3 Å². The van der Waals surface area contributed by atoms with Gasteiger partial charge >= 0.3 is 0 Å². The largest absolute Gasteiger partial charge is 0.508 e. The minimum atomic E-state index is 0.263. The van der Waals surface area contributed by atoms with Gasteiger partial charge in [0.2, 0.25) is 0 Å². The molecule has 0 aliphatic carbocycles. The molecule has 0 unspecified atom stereocenters. The number of hydrogen-bond donors (Lipinski definition) is 3. The van der Waals surface area contributed by atoms with Crippen LogP contribution in [0, 0.1) is 6.92 Å². The monoisotopic (exact) mass is 228 g/mol. The second-order valence-electron chi connectivity index (χ2n) is 4.11. The highest BCUT2D eigenvalue weighted by atomic mass is 16.3. The highest BCUT2D eigenvalue weighted by Crippen LogP contribution is 2.21. The van der Waals surface area contributed by atoms with E-state index in [0.29, 0.717) is 12.2 Å². The van der Waals surface area contributed by atoms with Crippen molar-refractivity contribution >= 4 is 11.4 Å². The first kappa shape index (κ1) is 11.3. The van der Waals surface area contributed by atoms with Crippen LogP contribution in [0.5, 0.6) is 5.75 Å². The van der Waals surface area contributed by atoms with E-state index in [2.05, 4.69) is 11.4 Å². The summed E-state index contributed by atoms with van der Waals surface area (Å²) in [5.74, 6) is 0.263. The van der Waals surface area contributed by atoms with E-state index >= 15 is 0 Å². The summed E-state index contributed by atoms with van der Waals surface area (Å²) in [7, 11) is 0. The molecule has 0 radical (unpaired) electrons. The second kappa shape index (κ2) is 4.78. The second-order valence-corrected chi connectivity index (χ2v) is 4.11. The van der Waals surface area contributed by atoms with Crippen LogP contribution < -0.4 is 11.1 Å². The lowest BCUT2D eigenvalue weighted by Crippen LogP contribution is -2.00. The molecule has 0 amide bonds. The van der Waals surface area contributed by atoms with Crippen LogP contribution in [0.2, 0.25) is 0 Å². The summed E-state index contributed by atoms with van der Waals surface area (Å²) >= 11 is 0. The van der Waals surface area contributed by atoms with Gasteiger partial charge < -0.3 is 16.2 Å². The van der Waals surface area contributed by atoms with Gasteiger partial charge in [0.15, 0.2) is 0 Å². The van der Waals surface area contributed by atoms with E-state index in [-0.39, 0.29) is 5.75 Å². The van der Waals surface area contributed by atoms with Crippen molar-refractivity contribution in [2.75, 3.05) is 11.1 Å². The zero-order valence-electron chi connectivity index (χ0n) is 9.77. The van der Waals surface area contributed by atoms with Crippen molar-refractivity contribution < 1.29 is 5.11 Å². The number of nitrogens with two attached hydrogens (primary N) is 1. The van der Waals surface area contributed by atoms with Crippen LogP contribution in [0.1, 0.15) is 11.1 Å². The fourth-order valence-electron chi connectivity index (χ4n) is 1.70. The summed E-state index contributed by atoms with van der Waals surface area (Å²) in [6, 6.07) is 13.2. The lowest BCUT2D eigenvalue weighted by Gasteiger charge is -2.09. The Bertz CT molecular complexity index is 523. The summed E-state index contributed by atoms with van der Waals surface area (Å²) in [5.41, 5.74) is 9.37. The van der Waals surface area contributed by atoms with Crippen LogP contribution >= 0.6 is 0 Å². The Morgan fingerprint density at radius 1 is 1.18 bits per heavy atom. The molecule has 0 spiro atoms. The Labute approximate surface area is 101 Å². The van der Waals surface area contributed by atoms with Gasteiger partial charge in [-0.05, 0) is 42.8 Å². The third kappa shape index (κ3) is 2.91. The van der Waals surface area contributed by atoms with Gasteiger partial charge in [-0.3, -0.25) is 0 Å². The summed E-state index contributed by atoms with van der Waals surface area (Å²) in [6.07, 6.45) is 0. The molecule has 3 heteroatoms. The van der Waals surface area contributed by atoms with Crippen LogP contribution in [-0.2, 0) is 6.54 Å². The maximum Gasteiger partial charge on any atom is 0.120 e. The van der Waals surface area contributed by atoms with E-state index in [9.17, 15) is 5.11 Å². The first-order valence-electron chi connectivity index (χ1n) is 5.53. The number of phenols is 1. The van der Waals surface area contributed by atoms with E-state index in [0.717, 1.165) is 11.3 Å². The Balaban J connectivity index is 2.09. The molecule has 0 heterocycles. The minimum absolute atomic E-state index is 0.263. The van der Waals surface area contributed by atoms with E-state index in [1.165, 1.54) is 5.56 Å². The van der Waals surface area contributed by atoms with Crippen LogP contribution in [0.3, 0.4) is 0 Å². The van der Waals surface area contributed by atoms with Gasteiger partial charge in [-0.2, -0.15) is 0 Å². The SMILES string of the molecule is Cc1cccc(NCc2cc(N)ccc2O)c1. The van der Waals surface area contributed by atoms with Crippen molar-refractivity contribution in [2.45, 2.75) is 13.5 Å². The third-order valence-corrected chi connectivity index (χ3v) is 2.60. The van der Waals surface area contributed by atoms with Crippen molar-refractivity contribution in [3.8, 4) is 5.75 Å². The van der Waals surface area contributed by atoms with Crippen molar-refractivity contribution in [3.63, 3.8) is 0 Å². The van der Waals surface area contributed by atoms with Crippen molar-refractivity contribution in [1.82, 2.24) is 0 Å². The van der Waals surface area contributed by atoms with Gasteiger partial charge in [-0.1, -0.05) is 12.1 Å². The van der Waals surface area contributed by atoms with Gasteiger partial charge in [0.1, 0.15) is 5.75 Å². The molecular formula is C14H16N2O. The number of aromatic hydroxyl groups is 1. The fourth-order valence-corrected chi connectivity index (χ4v) is 1.70. The standard InChI is InChI=1S/C14H16N2O/c1-10-3-2-4-13(7-10)16-9-11-8-12(15)5-6-14(11)17/h2-8,16-17H,9,15H2,1H3. The van der Waals surface area contributed by atoms with Crippen LogP contribution in [0.15, 0.2) is 42.5 Å². The minimum Gasteiger partial charge on any atom is -0.508 e. The lowest BCUT2D eigenvalue weighted by atomic mass is 10.1. The molecule has 17 heavy (non-hydrogen) atoms. The molecule has 2 aromatic rings. The van der Waals surface area contributed by atoms with Crippen molar-refractivity contribution in [1.29, 1.82) is 0 Å². The molecule has 0 atom stereocenters. The van der Waals surface area contributed by atoms with E-state index < -0.39 is 0 Å². The lowest BCUT2D eigenvalue weighted by molar-refractivity contribution is 0.469. The summed E-state index contributed by atoms with van der Waals surface area (Å²) in [5, 5.41) is 12.9. The highest BCUT2D eigenvalue weighted by molar-refractivity contribution is 5.50. The predicted molar refractivity (Wildman–Crippen MR) is 71.0 cm³/mol. The van der Waals surface area contributed by atoms with Crippen LogP contribution in [0.25, 0.3) is 0 Å².